The predicted molar refractivity (Wildman–Crippen MR) is 132 cm³/mol. The number of nitrogens with zero attached hydrogens (tertiary/aromatic N) is 1. The van der Waals surface area contributed by atoms with Crippen molar-refractivity contribution in [2.75, 3.05) is 31.5 Å². The van der Waals surface area contributed by atoms with Gasteiger partial charge in [0.15, 0.2) is 0 Å². The van der Waals surface area contributed by atoms with Gasteiger partial charge in [-0.2, -0.15) is 0 Å². The Labute approximate surface area is 197 Å². The minimum absolute atomic E-state index is 0.184. The number of amides is 2. The highest BCUT2D eigenvalue weighted by molar-refractivity contribution is 6.36. The molecule has 6 nitrogen and oxygen atoms in total. The molecule has 5 rings (SSSR count). The summed E-state index contributed by atoms with van der Waals surface area (Å²) in [4.78, 5) is 31.4. The minimum atomic E-state index is -0.358. The van der Waals surface area contributed by atoms with Crippen LogP contribution >= 0.6 is 0 Å². The zero-order chi connectivity index (χ0) is 23.7. The number of aryl methyl sites for hydroxylation is 1. The molecule has 0 saturated carbocycles. The van der Waals surface area contributed by atoms with Crippen LogP contribution in [0, 0.1) is 12.7 Å². The standard InChI is InChI=1S/C27H27FN4O2/c1-17-15-20(26(33)29-11-14-32-12-4-5-13-32)24(30-17)16-21-25-19(18-7-2-3-9-22(18)28)8-6-10-23(25)31-27(21)34/h2-3,6-10,15-16,30H,4-5,11-14H2,1H3,(H,29,33)(H,31,34)/b21-16-. The molecule has 7 heteroatoms. The Hall–Kier alpha value is -3.71. The van der Waals surface area contributed by atoms with Crippen LogP contribution in [0.15, 0.2) is 48.5 Å². The van der Waals surface area contributed by atoms with Crippen LogP contribution in [0.2, 0.25) is 0 Å². The van der Waals surface area contributed by atoms with Crippen molar-refractivity contribution >= 4 is 29.2 Å². The van der Waals surface area contributed by atoms with Crippen LogP contribution in [0.3, 0.4) is 0 Å². The first kappa shape index (κ1) is 22.1. The third kappa shape index (κ3) is 4.26. The fourth-order valence-corrected chi connectivity index (χ4v) is 4.78. The Morgan fingerprint density at radius 3 is 2.68 bits per heavy atom. The molecule has 0 spiro atoms. The van der Waals surface area contributed by atoms with E-state index >= 15 is 0 Å². The molecule has 0 aliphatic carbocycles. The van der Waals surface area contributed by atoms with Gasteiger partial charge >= 0.3 is 0 Å². The molecule has 0 radical (unpaired) electrons. The molecule has 0 atom stereocenters. The molecular formula is C27H27FN4O2. The molecule has 3 aromatic rings. The Kier molecular flexibility index (Phi) is 6.02. The second-order valence-corrected chi connectivity index (χ2v) is 8.80. The molecule has 2 aromatic carbocycles. The summed E-state index contributed by atoms with van der Waals surface area (Å²) in [6.07, 6.45) is 4.11. The van der Waals surface area contributed by atoms with E-state index in [0.717, 1.165) is 25.3 Å². The fourth-order valence-electron chi connectivity index (χ4n) is 4.78. The summed E-state index contributed by atoms with van der Waals surface area (Å²) >= 11 is 0. The van der Waals surface area contributed by atoms with E-state index in [4.69, 9.17) is 0 Å². The van der Waals surface area contributed by atoms with E-state index in [-0.39, 0.29) is 17.6 Å². The lowest BCUT2D eigenvalue weighted by molar-refractivity contribution is -0.110. The van der Waals surface area contributed by atoms with Crippen molar-refractivity contribution < 1.29 is 14.0 Å². The van der Waals surface area contributed by atoms with E-state index in [1.54, 1.807) is 48.5 Å². The number of nitrogens with one attached hydrogen (secondary N) is 3. The average molecular weight is 459 g/mol. The number of anilines is 1. The van der Waals surface area contributed by atoms with Crippen molar-refractivity contribution in [1.82, 2.24) is 15.2 Å². The maximum absolute atomic E-state index is 14.6. The first-order valence-corrected chi connectivity index (χ1v) is 11.6. The number of hydrogen-bond donors (Lipinski definition) is 3. The van der Waals surface area contributed by atoms with Crippen LogP contribution in [0.4, 0.5) is 10.1 Å². The maximum Gasteiger partial charge on any atom is 0.256 e. The fraction of sp³-hybridized carbons (Fsp3) is 0.259. The Morgan fingerprint density at radius 1 is 1.12 bits per heavy atom. The number of rotatable bonds is 6. The molecule has 1 saturated heterocycles. The third-order valence-electron chi connectivity index (χ3n) is 6.42. The molecule has 2 amide bonds. The van der Waals surface area contributed by atoms with Crippen molar-refractivity contribution in [3.8, 4) is 11.1 Å². The largest absolute Gasteiger partial charge is 0.358 e. The molecule has 2 aliphatic heterocycles. The van der Waals surface area contributed by atoms with E-state index in [2.05, 4.69) is 20.5 Å². The summed E-state index contributed by atoms with van der Waals surface area (Å²) in [5.74, 6) is -0.828. The molecule has 1 fully saturated rings. The number of aromatic amines is 1. The molecule has 174 valence electrons. The lowest BCUT2D eigenvalue weighted by Gasteiger charge is -2.14. The van der Waals surface area contributed by atoms with Gasteiger partial charge in [0.25, 0.3) is 11.8 Å². The van der Waals surface area contributed by atoms with Crippen LogP contribution in [0.1, 0.15) is 40.2 Å². The predicted octanol–water partition coefficient (Wildman–Crippen LogP) is 4.45. The molecule has 3 heterocycles. The van der Waals surface area contributed by atoms with Gasteiger partial charge in [-0.15, -0.1) is 0 Å². The zero-order valence-corrected chi connectivity index (χ0v) is 19.1. The van der Waals surface area contributed by atoms with Crippen molar-refractivity contribution in [1.29, 1.82) is 0 Å². The third-order valence-corrected chi connectivity index (χ3v) is 6.42. The van der Waals surface area contributed by atoms with E-state index in [1.807, 2.05) is 6.92 Å². The molecule has 0 bridgehead atoms. The highest BCUT2D eigenvalue weighted by Crippen LogP contribution is 2.41. The summed E-state index contributed by atoms with van der Waals surface area (Å²) in [7, 11) is 0. The smallest absolute Gasteiger partial charge is 0.256 e. The summed E-state index contributed by atoms with van der Waals surface area (Å²) in [5.41, 5.74) is 4.54. The molecule has 2 aliphatic rings. The van der Waals surface area contributed by atoms with Gasteiger partial charge in [0.05, 0.1) is 16.8 Å². The van der Waals surface area contributed by atoms with Crippen LogP contribution in [-0.4, -0.2) is 47.9 Å². The SMILES string of the molecule is Cc1cc(C(=O)NCCN2CCCC2)c(/C=C2\C(=O)Nc3cccc(-c4ccccc4F)c32)[nH]1. The van der Waals surface area contributed by atoms with Crippen LogP contribution < -0.4 is 10.6 Å². The van der Waals surface area contributed by atoms with Gasteiger partial charge in [-0.3, -0.25) is 9.59 Å². The molecule has 0 unspecified atom stereocenters. The van der Waals surface area contributed by atoms with Crippen molar-refractivity contribution in [3.05, 3.63) is 76.9 Å². The number of likely N-dealkylation sites (tertiary alicyclic amines) is 1. The summed E-state index contributed by atoms with van der Waals surface area (Å²) < 4.78 is 14.6. The monoisotopic (exact) mass is 458 g/mol. The van der Waals surface area contributed by atoms with Crippen molar-refractivity contribution in [2.24, 2.45) is 0 Å². The number of carbonyl (C=O) groups excluding carboxylic acids is 2. The van der Waals surface area contributed by atoms with E-state index in [1.165, 1.54) is 18.9 Å². The number of hydrogen-bond acceptors (Lipinski definition) is 3. The van der Waals surface area contributed by atoms with Crippen LogP contribution in [-0.2, 0) is 4.79 Å². The van der Waals surface area contributed by atoms with Crippen LogP contribution in [0.5, 0.6) is 0 Å². The van der Waals surface area contributed by atoms with Crippen LogP contribution in [0.25, 0.3) is 22.8 Å². The Balaban J connectivity index is 1.47. The average Bonchev–Trinajstić information content (AvgIpc) is 3.54. The Morgan fingerprint density at radius 2 is 1.88 bits per heavy atom. The highest BCUT2D eigenvalue weighted by Gasteiger charge is 2.29. The maximum atomic E-state index is 14.6. The first-order valence-electron chi connectivity index (χ1n) is 11.6. The second kappa shape index (κ2) is 9.27. The van der Waals surface area contributed by atoms with Gasteiger partial charge in [0, 0.05) is 35.6 Å². The lowest BCUT2D eigenvalue weighted by Crippen LogP contribution is -2.33. The number of H-pyrrole nitrogens is 1. The number of benzene rings is 2. The minimum Gasteiger partial charge on any atom is -0.358 e. The Bertz CT molecular complexity index is 1290. The van der Waals surface area contributed by atoms with E-state index in [9.17, 15) is 14.0 Å². The zero-order valence-electron chi connectivity index (χ0n) is 19.1. The molecular weight excluding hydrogens is 431 g/mol. The molecule has 1 aromatic heterocycles. The number of fused-ring (bicyclic) bond motifs is 1. The first-order chi connectivity index (χ1) is 16.5. The summed E-state index contributed by atoms with van der Waals surface area (Å²) in [6.45, 7) is 5.42. The number of halogens is 1. The number of carbonyl (C=O) groups is 2. The molecule has 3 N–H and O–H groups in total. The number of aromatic nitrogens is 1. The van der Waals surface area contributed by atoms with Gasteiger partial charge in [0.1, 0.15) is 5.82 Å². The highest BCUT2D eigenvalue weighted by atomic mass is 19.1. The van der Waals surface area contributed by atoms with Gasteiger partial charge in [-0.1, -0.05) is 30.3 Å². The van der Waals surface area contributed by atoms with Gasteiger partial charge < -0.3 is 20.5 Å². The van der Waals surface area contributed by atoms with Crippen molar-refractivity contribution in [2.45, 2.75) is 19.8 Å². The van der Waals surface area contributed by atoms with E-state index in [0.29, 0.717) is 45.8 Å². The second-order valence-electron chi connectivity index (χ2n) is 8.80. The molecule has 34 heavy (non-hydrogen) atoms. The summed E-state index contributed by atoms with van der Waals surface area (Å²) in [6, 6.07) is 13.7. The van der Waals surface area contributed by atoms with Gasteiger partial charge in [-0.25, -0.2) is 4.39 Å². The van der Waals surface area contributed by atoms with E-state index < -0.39 is 0 Å². The van der Waals surface area contributed by atoms with Crippen molar-refractivity contribution in [3.63, 3.8) is 0 Å². The topological polar surface area (TPSA) is 77.2 Å². The van der Waals surface area contributed by atoms with Gasteiger partial charge in [0.2, 0.25) is 0 Å². The van der Waals surface area contributed by atoms with Gasteiger partial charge in [-0.05, 0) is 62.7 Å². The quantitative estimate of drug-likeness (QED) is 0.478. The normalized spacial score (nSPS) is 16.6. The lowest BCUT2D eigenvalue weighted by atomic mass is 9.94. The summed E-state index contributed by atoms with van der Waals surface area (Å²) in [5, 5.41) is 5.87.